The second-order valence-electron chi connectivity index (χ2n) is 7.08. The Bertz CT molecular complexity index is 1340. The molecular formula is C21H18N8. The van der Waals surface area contributed by atoms with Crippen LogP contribution >= 0.6 is 0 Å². The first-order chi connectivity index (χ1) is 14.4. The lowest BCUT2D eigenvalue weighted by atomic mass is 10.1. The molecule has 0 bridgehead atoms. The molecule has 29 heavy (non-hydrogen) atoms. The molecule has 0 saturated carbocycles. The molecule has 0 fully saturated rings. The van der Waals surface area contributed by atoms with Gasteiger partial charge < -0.3 is 10.2 Å². The second kappa shape index (κ2) is 6.30. The van der Waals surface area contributed by atoms with E-state index in [0.29, 0.717) is 5.82 Å². The lowest BCUT2D eigenvalue weighted by Crippen LogP contribution is -2.28. The molecule has 6 rings (SSSR count). The van der Waals surface area contributed by atoms with E-state index in [1.54, 1.807) is 6.20 Å². The van der Waals surface area contributed by atoms with Crippen molar-refractivity contribution >= 4 is 44.9 Å². The van der Waals surface area contributed by atoms with Gasteiger partial charge in [0.15, 0.2) is 5.82 Å². The monoisotopic (exact) mass is 382 g/mol. The van der Waals surface area contributed by atoms with Crippen molar-refractivity contribution in [3.63, 3.8) is 0 Å². The van der Waals surface area contributed by atoms with Crippen LogP contribution in [0.15, 0.2) is 61.1 Å². The molecule has 0 radical (unpaired) electrons. The third-order valence-electron chi connectivity index (χ3n) is 5.30. The minimum Gasteiger partial charge on any atom is -0.337 e. The van der Waals surface area contributed by atoms with E-state index in [9.17, 15) is 0 Å². The largest absolute Gasteiger partial charge is 0.337 e. The zero-order valence-electron chi connectivity index (χ0n) is 15.6. The van der Waals surface area contributed by atoms with Gasteiger partial charge >= 0.3 is 0 Å². The van der Waals surface area contributed by atoms with Crippen molar-refractivity contribution in [2.75, 3.05) is 16.8 Å². The van der Waals surface area contributed by atoms with Crippen molar-refractivity contribution in [3.8, 4) is 0 Å². The standard InChI is InChI=1S/C21H18N8/c1-3-17-19(22-8-1)20(27-26-17)25-15-4-5-16-14(13-15)6-9-23-21(16)28-11-2-12-29-18(28)7-10-24-29/h1,3-10,13H,2,11-12H2,(H2,25,26,27). The Labute approximate surface area is 166 Å². The highest BCUT2D eigenvalue weighted by atomic mass is 15.4. The fourth-order valence-corrected chi connectivity index (χ4v) is 3.97. The van der Waals surface area contributed by atoms with Crippen molar-refractivity contribution in [1.29, 1.82) is 0 Å². The molecule has 142 valence electrons. The number of H-pyrrole nitrogens is 1. The Balaban J connectivity index is 1.39. The first-order valence-corrected chi connectivity index (χ1v) is 9.61. The van der Waals surface area contributed by atoms with E-state index in [2.05, 4.69) is 48.7 Å². The van der Waals surface area contributed by atoms with E-state index < -0.39 is 0 Å². The van der Waals surface area contributed by atoms with Gasteiger partial charge in [0.25, 0.3) is 0 Å². The molecule has 0 atom stereocenters. The van der Waals surface area contributed by atoms with Crippen LogP contribution in [0.4, 0.5) is 23.1 Å². The van der Waals surface area contributed by atoms with Crippen LogP contribution in [-0.4, -0.2) is 36.5 Å². The van der Waals surface area contributed by atoms with E-state index in [-0.39, 0.29) is 0 Å². The predicted octanol–water partition coefficient (Wildman–Crippen LogP) is 3.99. The number of hydrogen-bond acceptors (Lipinski definition) is 6. The summed E-state index contributed by atoms with van der Waals surface area (Å²) in [6, 6.07) is 14.2. The number of nitrogens with zero attached hydrogens (tertiary/aromatic N) is 6. The molecule has 0 amide bonds. The van der Waals surface area contributed by atoms with Crippen molar-refractivity contribution in [2.45, 2.75) is 13.0 Å². The summed E-state index contributed by atoms with van der Waals surface area (Å²) in [4.78, 5) is 11.3. The van der Waals surface area contributed by atoms with Gasteiger partial charge in [-0.1, -0.05) is 0 Å². The quantitative estimate of drug-likeness (QED) is 0.491. The molecule has 1 aliphatic heterocycles. The molecule has 5 heterocycles. The van der Waals surface area contributed by atoms with Crippen molar-refractivity contribution in [2.24, 2.45) is 0 Å². The number of aromatic amines is 1. The molecular weight excluding hydrogens is 364 g/mol. The lowest BCUT2D eigenvalue weighted by Gasteiger charge is -2.29. The summed E-state index contributed by atoms with van der Waals surface area (Å²) in [5.74, 6) is 2.77. The number of aromatic nitrogens is 6. The molecule has 5 aromatic rings. The number of pyridine rings is 2. The van der Waals surface area contributed by atoms with Crippen LogP contribution in [0, 0.1) is 0 Å². The van der Waals surface area contributed by atoms with Crippen LogP contribution in [0.3, 0.4) is 0 Å². The van der Waals surface area contributed by atoms with Crippen molar-refractivity contribution in [3.05, 3.63) is 61.1 Å². The zero-order valence-corrected chi connectivity index (χ0v) is 15.6. The average molecular weight is 382 g/mol. The summed E-state index contributed by atoms with van der Waals surface area (Å²) >= 11 is 0. The summed E-state index contributed by atoms with van der Waals surface area (Å²) in [7, 11) is 0. The van der Waals surface area contributed by atoms with Crippen LogP contribution < -0.4 is 10.2 Å². The molecule has 2 N–H and O–H groups in total. The topological polar surface area (TPSA) is 87.6 Å². The van der Waals surface area contributed by atoms with Gasteiger partial charge in [-0.3, -0.25) is 10.1 Å². The second-order valence-corrected chi connectivity index (χ2v) is 7.08. The number of fused-ring (bicyclic) bond motifs is 3. The fraction of sp³-hybridized carbons (Fsp3) is 0.143. The SMILES string of the molecule is c1cnc2c(Nc3ccc4c(N5CCCn6nccc65)nccc4c3)n[nH]c2c1. The first-order valence-electron chi connectivity index (χ1n) is 9.61. The summed E-state index contributed by atoms with van der Waals surface area (Å²) in [6.07, 6.45) is 6.53. The Morgan fingerprint density at radius 1 is 0.966 bits per heavy atom. The van der Waals surface area contributed by atoms with Crippen molar-refractivity contribution < 1.29 is 0 Å². The average Bonchev–Trinajstić information content (AvgIpc) is 3.40. The molecule has 1 aromatic carbocycles. The van der Waals surface area contributed by atoms with Crippen molar-refractivity contribution in [1.82, 2.24) is 29.9 Å². The molecule has 0 spiro atoms. The van der Waals surface area contributed by atoms with E-state index in [4.69, 9.17) is 4.98 Å². The molecule has 1 aliphatic rings. The molecule has 8 nitrogen and oxygen atoms in total. The van der Waals surface area contributed by atoms with Crippen LogP contribution in [0.1, 0.15) is 6.42 Å². The van der Waals surface area contributed by atoms with Gasteiger partial charge in [0, 0.05) is 42.6 Å². The lowest BCUT2D eigenvalue weighted by molar-refractivity contribution is 0.541. The highest BCUT2D eigenvalue weighted by molar-refractivity contribution is 5.96. The summed E-state index contributed by atoms with van der Waals surface area (Å²) in [5.41, 5.74) is 2.69. The first kappa shape index (κ1) is 16.1. The third-order valence-corrected chi connectivity index (χ3v) is 5.30. The highest BCUT2D eigenvalue weighted by Crippen LogP contribution is 2.34. The maximum Gasteiger partial charge on any atom is 0.178 e. The van der Waals surface area contributed by atoms with Gasteiger partial charge in [0.05, 0.1) is 11.7 Å². The van der Waals surface area contributed by atoms with Crippen LogP contribution in [0.2, 0.25) is 0 Å². The summed E-state index contributed by atoms with van der Waals surface area (Å²) in [5, 5.41) is 17.4. The summed E-state index contributed by atoms with van der Waals surface area (Å²) < 4.78 is 2.04. The number of hydrogen-bond donors (Lipinski definition) is 2. The Morgan fingerprint density at radius 3 is 2.97 bits per heavy atom. The van der Waals surface area contributed by atoms with Gasteiger partial charge in [0.2, 0.25) is 0 Å². The number of nitrogens with one attached hydrogen (secondary N) is 2. The predicted molar refractivity (Wildman–Crippen MR) is 113 cm³/mol. The third kappa shape index (κ3) is 2.60. The zero-order chi connectivity index (χ0) is 19.2. The molecule has 8 heteroatoms. The number of aryl methyl sites for hydroxylation is 1. The number of anilines is 4. The number of rotatable bonds is 3. The summed E-state index contributed by atoms with van der Waals surface area (Å²) in [6.45, 7) is 1.88. The Kier molecular flexibility index (Phi) is 3.49. The van der Waals surface area contributed by atoms with E-state index in [0.717, 1.165) is 58.6 Å². The molecule has 4 aromatic heterocycles. The minimum absolute atomic E-state index is 0.717. The maximum absolute atomic E-state index is 4.69. The normalized spacial score (nSPS) is 13.7. The van der Waals surface area contributed by atoms with Crippen LogP contribution in [-0.2, 0) is 6.54 Å². The minimum atomic E-state index is 0.717. The van der Waals surface area contributed by atoms with Gasteiger partial charge in [-0.25, -0.2) is 9.67 Å². The van der Waals surface area contributed by atoms with Gasteiger partial charge in [-0.05, 0) is 48.2 Å². The maximum atomic E-state index is 4.69. The number of benzene rings is 1. The van der Waals surface area contributed by atoms with E-state index in [1.807, 2.05) is 41.3 Å². The van der Waals surface area contributed by atoms with Gasteiger partial charge in [-0.15, -0.1) is 0 Å². The Hall–Kier alpha value is -3.94. The Morgan fingerprint density at radius 2 is 1.97 bits per heavy atom. The smallest absolute Gasteiger partial charge is 0.178 e. The van der Waals surface area contributed by atoms with E-state index in [1.165, 1.54) is 0 Å². The molecule has 0 saturated heterocycles. The van der Waals surface area contributed by atoms with Crippen LogP contribution in [0.25, 0.3) is 21.8 Å². The highest BCUT2D eigenvalue weighted by Gasteiger charge is 2.21. The van der Waals surface area contributed by atoms with Gasteiger partial charge in [0.1, 0.15) is 17.2 Å². The molecule has 0 aliphatic carbocycles. The fourth-order valence-electron chi connectivity index (χ4n) is 3.97. The van der Waals surface area contributed by atoms with Gasteiger partial charge in [-0.2, -0.15) is 10.2 Å². The van der Waals surface area contributed by atoms with E-state index >= 15 is 0 Å². The molecule has 0 unspecified atom stereocenters. The van der Waals surface area contributed by atoms with Crippen LogP contribution in [0.5, 0.6) is 0 Å².